The standard InChI is InChI=1S/C16H15N3OS/c1-20-15-6-4-3-5-14(15)12-7-9-13(10-8-12)19-16(21-2)18-11-17/h3-10H,1-2H3,(H,18,19). The molecule has 0 bridgehead atoms. The average Bonchev–Trinajstić information content (AvgIpc) is 2.55. The smallest absolute Gasteiger partial charge is 0.183 e. The Kier molecular flexibility index (Phi) is 5.24. The van der Waals surface area contributed by atoms with Crippen LogP contribution in [0.15, 0.2) is 53.5 Å². The van der Waals surface area contributed by atoms with Crippen LogP contribution >= 0.6 is 11.8 Å². The van der Waals surface area contributed by atoms with Crippen molar-refractivity contribution in [3.8, 4) is 23.1 Å². The van der Waals surface area contributed by atoms with Gasteiger partial charge in [0, 0.05) is 5.56 Å². The van der Waals surface area contributed by atoms with E-state index >= 15 is 0 Å². The maximum atomic E-state index is 8.63. The molecule has 0 heterocycles. The molecule has 0 saturated carbocycles. The van der Waals surface area contributed by atoms with E-state index in [0.29, 0.717) is 5.17 Å². The molecule has 0 aliphatic rings. The highest BCUT2D eigenvalue weighted by molar-refractivity contribution is 8.13. The van der Waals surface area contributed by atoms with Crippen molar-refractivity contribution in [1.82, 2.24) is 5.32 Å². The molecule has 21 heavy (non-hydrogen) atoms. The minimum Gasteiger partial charge on any atom is -0.496 e. The first-order valence-corrected chi connectivity index (χ1v) is 7.52. The van der Waals surface area contributed by atoms with Crippen molar-refractivity contribution in [2.75, 3.05) is 13.4 Å². The van der Waals surface area contributed by atoms with Crippen molar-refractivity contribution in [3.05, 3.63) is 48.5 Å². The molecule has 5 heteroatoms. The van der Waals surface area contributed by atoms with Crippen LogP contribution in [0, 0.1) is 11.5 Å². The molecule has 0 atom stereocenters. The number of para-hydroxylation sites is 1. The summed E-state index contributed by atoms with van der Waals surface area (Å²) in [6.07, 6.45) is 3.74. The highest BCUT2D eigenvalue weighted by atomic mass is 32.2. The molecule has 0 aromatic heterocycles. The monoisotopic (exact) mass is 297 g/mol. The second-order valence-electron chi connectivity index (χ2n) is 4.11. The molecule has 0 aliphatic carbocycles. The largest absolute Gasteiger partial charge is 0.496 e. The van der Waals surface area contributed by atoms with Gasteiger partial charge in [-0.3, -0.25) is 5.32 Å². The van der Waals surface area contributed by atoms with Gasteiger partial charge in [-0.2, -0.15) is 5.26 Å². The van der Waals surface area contributed by atoms with Crippen LogP contribution in [-0.4, -0.2) is 18.5 Å². The fourth-order valence-electron chi connectivity index (χ4n) is 1.89. The van der Waals surface area contributed by atoms with Gasteiger partial charge in [-0.15, -0.1) is 0 Å². The summed E-state index contributed by atoms with van der Waals surface area (Å²) >= 11 is 1.39. The number of benzene rings is 2. The number of ether oxygens (including phenoxy) is 1. The predicted octanol–water partition coefficient (Wildman–Crippen LogP) is 3.78. The molecule has 2 rings (SSSR count). The van der Waals surface area contributed by atoms with Crippen molar-refractivity contribution in [2.24, 2.45) is 4.99 Å². The second-order valence-corrected chi connectivity index (χ2v) is 4.90. The Morgan fingerprint density at radius 3 is 2.52 bits per heavy atom. The molecule has 0 amide bonds. The fourth-order valence-corrected chi connectivity index (χ4v) is 2.23. The molecule has 106 valence electrons. The number of hydrogen-bond donors (Lipinski definition) is 1. The summed E-state index contributed by atoms with van der Waals surface area (Å²) < 4.78 is 5.37. The zero-order valence-corrected chi connectivity index (χ0v) is 12.6. The third-order valence-corrected chi connectivity index (χ3v) is 3.45. The van der Waals surface area contributed by atoms with Crippen molar-refractivity contribution in [3.63, 3.8) is 0 Å². The summed E-state index contributed by atoms with van der Waals surface area (Å²) in [7, 11) is 1.66. The Balaban J connectivity index is 2.29. The van der Waals surface area contributed by atoms with Crippen molar-refractivity contribution in [2.45, 2.75) is 0 Å². The molecule has 0 spiro atoms. The Labute approximate surface area is 128 Å². The van der Waals surface area contributed by atoms with Gasteiger partial charge < -0.3 is 4.74 Å². The van der Waals surface area contributed by atoms with E-state index in [0.717, 1.165) is 22.6 Å². The van der Waals surface area contributed by atoms with E-state index in [1.807, 2.05) is 61.0 Å². The number of nitrogens with zero attached hydrogens (tertiary/aromatic N) is 2. The van der Waals surface area contributed by atoms with Gasteiger partial charge in [0.15, 0.2) is 11.4 Å². The summed E-state index contributed by atoms with van der Waals surface area (Å²) in [6.45, 7) is 0. The lowest BCUT2D eigenvalue weighted by Crippen LogP contribution is -2.12. The maximum absolute atomic E-state index is 8.63. The molecule has 0 saturated heterocycles. The van der Waals surface area contributed by atoms with E-state index < -0.39 is 0 Å². The quantitative estimate of drug-likeness (QED) is 0.405. The lowest BCUT2D eigenvalue weighted by molar-refractivity contribution is 0.416. The number of hydrogen-bond acceptors (Lipinski definition) is 4. The summed E-state index contributed by atoms with van der Waals surface area (Å²) in [5, 5.41) is 11.7. The Morgan fingerprint density at radius 2 is 1.90 bits per heavy atom. The number of thioether (sulfide) groups is 1. The average molecular weight is 297 g/mol. The highest BCUT2D eigenvalue weighted by Crippen LogP contribution is 2.30. The van der Waals surface area contributed by atoms with Crippen LogP contribution in [-0.2, 0) is 0 Å². The topological polar surface area (TPSA) is 57.4 Å². The van der Waals surface area contributed by atoms with Crippen LogP contribution in [0.25, 0.3) is 11.1 Å². The summed E-state index contributed by atoms with van der Waals surface area (Å²) in [5.74, 6) is 0.838. The lowest BCUT2D eigenvalue weighted by Gasteiger charge is -2.08. The number of nitriles is 1. The zero-order valence-electron chi connectivity index (χ0n) is 11.8. The third-order valence-electron chi connectivity index (χ3n) is 2.87. The molecule has 0 aliphatic heterocycles. The zero-order chi connectivity index (χ0) is 15.1. The van der Waals surface area contributed by atoms with Crippen LogP contribution in [0.2, 0.25) is 0 Å². The highest BCUT2D eigenvalue weighted by Gasteiger charge is 2.04. The first-order chi connectivity index (χ1) is 10.3. The molecular formula is C16H15N3OS. The van der Waals surface area contributed by atoms with E-state index in [-0.39, 0.29) is 0 Å². The van der Waals surface area contributed by atoms with Gasteiger partial charge in [0.1, 0.15) is 5.75 Å². The number of nitrogens with one attached hydrogen (secondary N) is 1. The van der Waals surface area contributed by atoms with Crippen LogP contribution in [0.1, 0.15) is 0 Å². The number of rotatable bonds is 3. The van der Waals surface area contributed by atoms with Gasteiger partial charge in [-0.25, -0.2) is 4.99 Å². The van der Waals surface area contributed by atoms with Crippen molar-refractivity contribution < 1.29 is 4.74 Å². The molecule has 0 radical (unpaired) electrons. The van der Waals surface area contributed by atoms with Gasteiger partial charge >= 0.3 is 0 Å². The molecule has 2 aromatic rings. The van der Waals surface area contributed by atoms with E-state index in [2.05, 4.69) is 10.3 Å². The maximum Gasteiger partial charge on any atom is 0.183 e. The first-order valence-electron chi connectivity index (χ1n) is 6.29. The van der Waals surface area contributed by atoms with Crippen LogP contribution < -0.4 is 10.1 Å². The van der Waals surface area contributed by atoms with Gasteiger partial charge in [0.05, 0.1) is 12.8 Å². The Hall–Kier alpha value is -2.45. The summed E-state index contributed by atoms with van der Waals surface area (Å²) in [4.78, 5) is 4.36. The molecule has 1 N–H and O–H groups in total. The van der Waals surface area contributed by atoms with E-state index in [4.69, 9.17) is 10.00 Å². The van der Waals surface area contributed by atoms with Crippen molar-refractivity contribution >= 4 is 22.6 Å². The number of methoxy groups -OCH3 is 1. The third kappa shape index (κ3) is 3.77. The van der Waals surface area contributed by atoms with Gasteiger partial charge in [-0.05, 0) is 30.0 Å². The van der Waals surface area contributed by atoms with E-state index in [1.54, 1.807) is 7.11 Å². The Bertz CT molecular complexity index is 675. The molecular weight excluding hydrogens is 282 g/mol. The van der Waals surface area contributed by atoms with Crippen LogP contribution in [0.3, 0.4) is 0 Å². The second kappa shape index (κ2) is 7.36. The van der Waals surface area contributed by atoms with E-state index in [1.165, 1.54) is 11.8 Å². The predicted molar refractivity (Wildman–Crippen MR) is 87.8 cm³/mol. The normalized spacial score (nSPS) is 10.8. The molecule has 4 nitrogen and oxygen atoms in total. The van der Waals surface area contributed by atoms with Crippen LogP contribution in [0.4, 0.5) is 5.69 Å². The summed E-state index contributed by atoms with van der Waals surface area (Å²) in [6, 6.07) is 15.7. The van der Waals surface area contributed by atoms with Crippen molar-refractivity contribution in [1.29, 1.82) is 5.26 Å². The molecule has 2 aromatic carbocycles. The van der Waals surface area contributed by atoms with Gasteiger partial charge in [-0.1, -0.05) is 42.1 Å². The first kappa shape index (κ1) is 14.9. The minimum absolute atomic E-state index is 0.572. The number of aliphatic imine (C=N–C) groups is 1. The summed E-state index contributed by atoms with van der Waals surface area (Å²) in [5.41, 5.74) is 2.89. The molecule has 0 unspecified atom stereocenters. The Morgan fingerprint density at radius 1 is 1.19 bits per heavy atom. The SMILES string of the molecule is COc1ccccc1-c1ccc(N=C(NC#N)SC)cc1. The lowest BCUT2D eigenvalue weighted by atomic mass is 10.0. The van der Waals surface area contributed by atoms with Crippen LogP contribution in [0.5, 0.6) is 5.75 Å². The molecule has 0 fully saturated rings. The fraction of sp³-hybridized carbons (Fsp3) is 0.125. The van der Waals surface area contributed by atoms with Gasteiger partial charge in [0.25, 0.3) is 0 Å². The van der Waals surface area contributed by atoms with E-state index in [9.17, 15) is 0 Å². The van der Waals surface area contributed by atoms with Gasteiger partial charge in [0.2, 0.25) is 0 Å². The number of amidine groups is 1. The minimum atomic E-state index is 0.572.